The molecule has 0 aliphatic rings. The Morgan fingerprint density at radius 1 is 0.912 bits per heavy atom. The van der Waals surface area contributed by atoms with E-state index in [1.165, 1.54) is 0 Å². The molecule has 3 N–H and O–H groups in total. The van der Waals surface area contributed by atoms with Crippen molar-refractivity contribution in [1.82, 2.24) is 40.4 Å². The summed E-state index contributed by atoms with van der Waals surface area (Å²) >= 11 is 0. The van der Waals surface area contributed by atoms with Crippen LogP contribution < -0.4 is 5.32 Å². The molecule has 0 atom stereocenters. The van der Waals surface area contributed by atoms with Gasteiger partial charge in [-0.3, -0.25) is 15.1 Å². The third kappa shape index (κ3) is 3.60. The minimum Gasteiger partial charge on any atom is -0.335 e. The number of hydrogen-bond acceptors (Lipinski definition) is 6. The lowest BCUT2D eigenvalue weighted by Gasteiger charge is -2.06. The Bertz CT molecular complexity index is 1600. The van der Waals surface area contributed by atoms with Crippen LogP contribution in [0.2, 0.25) is 0 Å². The Labute approximate surface area is 195 Å². The van der Waals surface area contributed by atoms with Gasteiger partial charge in [0.05, 0.1) is 11.0 Å². The van der Waals surface area contributed by atoms with Crippen molar-refractivity contribution in [2.45, 2.75) is 13.5 Å². The van der Waals surface area contributed by atoms with Gasteiger partial charge in [-0.1, -0.05) is 19.1 Å². The molecular weight excluding hydrogens is 424 g/mol. The van der Waals surface area contributed by atoms with Crippen LogP contribution in [0, 0.1) is 0 Å². The van der Waals surface area contributed by atoms with Crippen LogP contribution in [0.1, 0.15) is 12.5 Å². The predicted molar refractivity (Wildman–Crippen MR) is 133 cm³/mol. The number of imidazole rings is 1. The van der Waals surface area contributed by atoms with Gasteiger partial charge in [-0.15, -0.1) is 0 Å². The van der Waals surface area contributed by atoms with Gasteiger partial charge in [0, 0.05) is 59.6 Å². The van der Waals surface area contributed by atoms with Crippen LogP contribution in [-0.2, 0) is 6.54 Å². The molecule has 0 fully saturated rings. The van der Waals surface area contributed by atoms with Gasteiger partial charge in [-0.05, 0) is 48.0 Å². The maximum Gasteiger partial charge on any atom is 0.178 e. The maximum absolute atomic E-state index is 4.75. The molecule has 0 unspecified atom stereocenters. The topological polar surface area (TPSA) is 108 Å². The van der Waals surface area contributed by atoms with Crippen LogP contribution in [0.15, 0.2) is 73.4 Å². The zero-order valence-corrected chi connectivity index (χ0v) is 18.6. The fourth-order valence-electron chi connectivity index (χ4n) is 4.17. The summed E-state index contributed by atoms with van der Waals surface area (Å²) in [6.45, 7) is 3.81. The first kappa shape index (κ1) is 20.2. The van der Waals surface area contributed by atoms with E-state index in [1.807, 2.05) is 42.9 Å². The van der Waals surface area contributed by atoms with E-state index in [4.69, 9.17) is 4.98 Å². The van der Waals surface area contributed by atoms with E-state index in [1.54, 1.807) is 12.4 Å². The summed E-state index contributed by atoms with van der Waals surface area (Å²) in [5.41, 5.74) is 8.49. The number of H-pyrrole nitrogens is 2. The van der Waals surface area contributed by atoms with Crippen LogP contribution in [-0.4, -0.2) is 41.7 Å². The summed E-state index contributed by atoms with van der Waals surface area (Å²) in [7, 11) is 0. The molecule has 0 spiro atoms. The molecule has 8 heteroatoms. The van der Waals surface area contributed by atoms with E-state index in [0.717, 1.165) is 63.0 Å². The van der Waals surface area contributed by atoms with Crippen molar-refractivity contribution in [3.05, 3.63) is 79.0 Å². The van der Waals surface area contributed by atoms with Crippen LogP contribution >= 0.6 is 0 Å². The van der Waals surface area contributed by atoms with Gasteiger partial charge >= 0.3 is 0 Å². The second-order valence-corrected chi connectivity index (χ2v) is 8.08. The van der Waals surface area contributed by atoms with Crippen molar-refractivity contribution < 1.29 is 0 Å². The molecule has 166 valence electrons. The predicted octanol–water partition coefficient (Wildman–Crippen LogP) is 4.73. The third-order valence-corrected chi connectivity index (χ3v) is 5.86. The Balaban J connectivity index is 1.44. The molecule has 6 rings (SSSR count). The second-order valence-electron chi connectivity index (χ2n) is 8.08. The van der Waals surface area contributed by atoms with E-state index in [9.17, 15) is 0 Å². The fourth-order valence-corrected chi connectivity index (χ4v) is 4.17. The molecular formula is C26H22N8. The summed E-state index contributed by atoms with van der Waals surface area (Å²) < 4.78 is 0. The number of benzene rings is 1. The number of fused-ring (bicyclic) bond motifs is 2. The lowest BCUT2D eigenvalue weighted by atomic mass is 10.0. The molecule has 0 radical (unpaired) electrons. The van der Waals surface area contributed by atoms with Crippen LogP contribution in [0.4, 0.5) is 0 Å². The minimum atomic E-state index is 0.643. The largest absolute Gasteiger partial charge is 0.335 e. The highest BCUT2D eigenvalue weighted by Gasteiger charge is 2.16. The third-order valence-electron chi connectivity index (χ3n) is 5.86. The van der Waals surface area contributed by atoms with Crippen molar-refractivity contribution in [3.63, 3.8) is 0 Å². The average Bonchev–Trinajstić information content (AvgIpc) is 3.51. The highest BCUT2D eigenvalue weighted by Crippen LogP contribution is 2.32. The number of rotatable bonds is 6. The molecule has 0 saturated carbocycles. The molecule has 0 aliphatic heterocycles. The molecule has 5 aromatic heterocycles. The minimum absolute atomic E-state index is 0.643. The van der Waals surface area contributed by atoms with Crippen LogP contribution in [0.5, 0.6) is 0 Å². The van der Waals surface area contributed by atoms with Gasteiger partial charge in [0.1, 0.15) is 5.69 Å². The number of nitrogens with one attached hydrogen (secondary N) is 3. The van der Waals surface area contributed by atoms with E-state index < -0.39 is 0 Å². The maximum atomic E-state index is 4.75. The molecule has 1 aromatic carbocycles. The molecule has 0 aliphatic carbocycles. The zero-order chi connectivity index (χ0) is 22.9. The number of aromatic amines is 2. The van der Waals surface area contributed by atoms with Crippen molar-refractivity contribution in [3.8, 4) is 33.8 Å². The van der Waals surface area contributed by atoms with E-state index in [-0.39, 0.29) is 0 Å². The molecule has 5 heterocycles. The van der Waals surface area contributed by atoms with E-state index >= 15 is 0 Å². The highest BCUT2D eigenvalue weighted by molar-refractivity contribution is 5.97. The summed E-state index contributed by atoms with van der Waals surface area (Å²) in [5, 5.41) is 12.0. The lowest BCUT2D eigenvalue weighted by molar-refractivity contribution is 0.724. The second kappa shape index (κ2) is 8.49. The molecule has 34 heavy (non-hydrogen) atoms. The van der Waals surface area contributed by atoms with Crippen molar-refractivity contribution >= 4 is 22.1 Å². The number of hydrogen-bond donors (Lipinski definition) is 3. The smallest absolute Gasteiger partial charge is 0.178 e. The zero-order valence-electron chi connectivity index (χ0n) is 18.6. The fraction of sp³-hybridized carbons (Fsp3) is 0.115. The van der Waals surface area contributed by atoms with Gasteiger partial charge < -0.3 is 10.3 Å². The van der Waals surface area contributed by atoms with Gasteiger partial charge in [-0.2, -0.15) is 5.10 Å². The molecule has 8 nitrogen and oxygen atoms in total. The quantitative estimate of drug-likeness (QED) is 0.341. The summed E-state index contributed by atoms with van der Waals surface area (Å²) in [6, 6.07) is 14.3. The summed E-state index contributed by atoms with van der Waals surface area (Å²) in [6.07, 6.45) is 9.16. The average molecular weight is 447 g/mol. The molecule has 0 saturated heterocycles. The lowest BCUT2D eigenvalue weighted by Crippen LogP contribution is -2.11. The molecule has 0 bridgehead atoms. The molecule has 0 amide bonds. The number of pyridine rings is 3. The van der Waals surface area contributed by atoms with Gasteiger partial charge in [0.15, 0.2) is 11.5 Å². The van der Waals surface area contributed by atoms with Crippen molar-refractivity contribution in [2.24, 2.45) is 0 Å². The van der Waals surface area contributed by atoms with Crippen molar-refractivity contribution in [2.75, 3.05) is 6.54 Å². The van der Waals surface area contributed by atoms with Gasteiger partial charge in [-0.25, -0.2) is 9.97 Å². The Morgan fingerprint density at radius 2 is 1.85 bits per heavy atom. The monoisotopic (exact) mass is 446 g/mol. The van der Waals surface area contributed by atoms with Crippen LogP contribution in [0.3, 0.4) is 0 Å². The van der Waals surface area contributed by atoms with Gasteiger partial charge in [0.25, 0.3) is 0 Å². The molecule has 6 aromatic rings. The van der Waals surface area contributed by atoms with Crippen molar-refractivity contribution in [1.29, 1.82) is 0 Å². The van der Waals surface area contributed by atoms with Crippen LogP contribution in [0.25, 0.3) is 55.8 Å². The van der Waals surface area contributed by atoms with E-state index in [0.29, 0.717) is 11.5 Å². The SMILES string of the molecule is CCNCc1cncc(-c2ccc3[nH]nc(-c4nc5nccc(-c6cccnc6)c5[nH]4)c3c2)c1. The normalized spacial score (nSPS) is 11.4. The summed E-state index contributed by atoms with van der Waals surface area (Å²) in [4.78, 5) is 21.3. The number of aromatic nitrogens is 7. The van der Waals surface area contributed by atoms with Gasteiger partial charge in [0.2, 0.25) is 0 Å². The Kier molecular flexibility index (Phi) is 5.04. The standard InChI is InChI=1S/C26H22N8/c1-2-27-12-16-10-19(15-29-13-16)17-5-6-22-21(11-17)24(34-33-22)26-31-23-20(7-9-30-25(23)32-26)18-4-3-8-28-14-18/h3-11,13-15,27H,2,12H2,1H3,(H,33,34)(H,30,31,32). The number of nitrogens with zero attached hydrogens (tertiary/aromatic N) is 5. The van der Waals surface area contributed by atoms with E-state index in [2.05, 4.69) is 60.6 Å². The first-order valence-corrected chi connectivity index (χ1v) is 11.2. The summed E-state index contributed by atoms with van der Waals surface area (Å²) in [5.74, 6) is 0.668. The Hall–Kier alpha value is -4.43. The highest BCUT2D eigenvalue weighted by atomic mass is 15.1. The first-order valence-electron chi connectivity index (χ1n) is 11.2. The Morgan fingerprint density at radius 3 is 2.74 bits per heavy atom. The first-order chi connectivity index (χ1) is 16.8.